The summed E-state index contributed by atoms with van der Waals surface area (Å²) >= 11 is 0. The van der Waals surface area contributed by atoms with Crippen molar-refractivity contribution in [3.8, 4) is 5.69 Å². The molecule has 0 saturated heterocycles. The van der Waals surface area contributed by atoms with Crippen LogP contribution >= 0.6 is 0 Å². The van der Waals surface area contributed by atoms with Crippen LogP contribution in [-0.2, 0) is 0 Å². The van der Waals surface area contributed by atoms with Gasteiger partial charge in [0, 0.05) is 12.1 Å². The summed E-state index contributed by atoms with van der Waals surface area (Å²) in [6, 6.07) is 17.2. The second kappa shape index (κ2) is 7.72. The molecule has 0 aliphatic rings. The lowest BCUT2D eigenvalue weighted by atomic mass is 10.1. The predicted octanol–water partition coefficient (Wildman–Crippen LogP) is 2.30. The van der Waals surface area contributed by atoms with E-state index in [0.29, 0.717) is 5.56 Å². The number of carbonyl (C=O) groups is 1. The number of rotatable bonds is 6. The van der Waals surface area contributed by atoms with Gasteiger partial charge >= 0.3 is 0 Å². The first-order valence-corrected chi connectivity index (χ1v) is 8.09. The van der Waals surface area contributed by atoms with Gasteiger partial charge in [-0.25, -0.2) is 9.67 Å². The highest BCUT2D eigenvalue weighted by Crippen LogP contribution is 2.15. The quantitative estimate of drug-likeness (QED) is 0.751. The molecule has 0 aliphatic heterocycles. The maximum atomic E-state index is 12.6. The average Bonchev–Trinajstić information content (AvgIpc) is 3.16. The summed E-state index contributed by atoms with van der Waals surface area (Å²) in [4.78, 5) is 18.6. The maximum absolute atomic E-state index is 12.6. The summed E-state index contributed by atoms with van der Waals surface area (Å²) in [5.41, 5.74) is 2.56. The van der Waals surface area contributed by atoms with Crippen molar-refractivity contribution in [2.24, 2.45) is 0 Å². The second-order valence-electron chi connectivity index (χ2n) is 6.09. The molecule has 128 valence electrons. The minimum Gasteiger partial charge on any atom is -0.344 e. The molecule has 0 aliphatic carbocycles. The zero-order valence-corrected chi connectivity index (χ0v) is 14.3. The Morgan fingerprint density at radius 3 is 2.44 bits per heavy atom. The Balaban J connectivity index is 1.74. The van der Waals surface area contributed by atoms with E-state index >= 15 is 0 Å². The van der Waals surface area contributed by atoms with Gasteiger partial charge in [-0.2, -0.15) is 5.10 Å². The molecule has 25 heavy (non-hydrogen) atoms. The first kappa shape index (κ1) is 16.9. The molecule has 0 radical (unpaired) electrons. The molecule has 0 saturated carbocycles. The Kier molecular flexibility index (Phi) is 5.20. The van der Waals surface area contributed by atoms with Crippen LogP contribution in [0.15, 0.2) is 67.3 Å². The molecule has 6 heteroatoms. The number of nitrogens with one attached hydrogen (secondary N) is 1. The van der Waals surface area contributed by atoms with E-state index in [1.165, 1.54) is 6.33 Å². The van der Waals surface area contributed by atoms with E-state index in [4.69, 9.17) is 0 Å². The SMILES string of the molecule is CN(C)C[C@@H](NC(=O)c1ccc(-n2cncn2)cc1)c1ccccc1. The molecule has 1 aromatic heterocycles. The van der Waals surface area contributed by atoms with E-state index < -0.39 is 0 Å². The van der Waals surface area contributed by atoms with Crippen molar-refractivity contribution in [2.75, 3.05) is 20.6 Å². The number of amides is 1. The largest absolute Gasteiger partial charge is 0.344 e. The van der Waals surface area contributed by atoms with Gasteiger partial charge in [0.05, 0.1) is 11.7 Å². The van der Waals surface area contributed by atoms with Crippen LogP contribution in [0.3, 0.4) is 0 Å². The smallest absolute Gasteiger partial charge is 0.251 e. The summed E-state index contributed by atoms with van der Waals surface area (Å²) in [5.74, 6) is -0.0964. The topological polar surface area (TPSA) is 63.1 Å². The monoisotopic (exact) mass is 335 g/mol. The normalized spacial score (nSPS) is 12.1. The van der Waals surface area contributed by atoms with Gasteiger partial charge in [-0.05, 0) is 43.9 Å². The van der Waals surface area contributed by atoms with Gasteiger partial charge in [-0.15, -0.1) is 0 Å². The number of aromatic nitrogens is 3. The lowest BCUT2D eigenvalue weighted by Crippen LogP contribution is -2.35. The molecule has 0 spiro atoms. The van der Waals surface area contributed by atoms with Crippen molar-refractivity contribution >= 4 is 5.91 Å². The van der Waals surface area contributed by atoms with Crippen LogP contribution < -0.4 is 5.32 Å². The van der Waals surface area contributed by atoms with Crippen molar-refractivity contribution in [3.63, 3.8) is 0 Å². The van der Waals surface area contributed by atoms with Gasteiger partial charge in [0.15, 0.2) is 0 Å². The number of nitrogens with zero attached hydrogens (tertiary/aromatic N) is 4. The van der Waals surface area contributed by atoms with E-state index in [0.717, 1.165) is 17.8 Å². The lowest BCUT2D eigenvalue weighted by Gasteiger charge is -2.23. The van der Waals surface area contributed by atoms with Gasteiger partial charge in [-0.1, -0.05) is 30.3 Å². The summed E-state index contributed by atoms with van der Waals surface area (Å²) in [5, 5.41) is 7.20. The minimum absolute atomic E-state index is 0.0707. The molecule has 3 rings (SSSR count). The van der Waals surface area contributed by atoms with Crippen LogP contribution in [0.2, 0.25) is 0 Å². The van der Waals surface area contributed by atoms with Crippen LogP contribution in [0.4, 0.5) is 0 Å². The van der Waals surface area contributed by atoms with Gasteiger partial charge in [-0.3, -0.25) is 4.79 Å². The molecule has 1 amide bonds. The first-order chi connectivity index (χ1) is 12.1. The van der Waals surface area contributed by atoms with Crippen molar-refractivity contribution in [2.45, 2.75) is 6.04 Å². The Morgan fingerprint density at radius 2 is 1.84 bits per heavy atom. The number of likely N-dealkylation sites (N-methyl/N-ethyl adjacent to an activating group) is 1. The van der Waals surface area contributed by atoms with Crippen LogP contribution in [0.25, 0.3) is 5.69 Å². The summed E-state index contributed by atoms with van der Waals surface area (Å²) in [6.45, 7) is 0.729. The maximum Gasteiger partial charge on any atom is 0.251 e. The summed E-state index contributed by atoms with van der Waals surface area (Å²) in [7, 11) is 3.99. The van der Waals surface area contributed by atoms with Gasteiger partial charge < -0.3 is 10.2 Å². The molecule has 2 aromatic carbocycles. The van der Waals surface area contributed by atoms with Crippen LogP contribution in [-0.4, -0.2) is 46.2 Å². The third-order valence-electron chi connectivity index (χ3n) is 3.87. The third kappa shape index (κ3) is 4.30. The highest BCUT2D eigenvalue weighted by Gasteiger charge is 2.16. The van der Waals surface area contributed by atoms with Crippen molar-refractivity contribution < 1.29 is 4.79 Å². The molecule has 6 nitrogen and oxygen atoms in total. The lowest BCUT2D eigenvalue weighted by molar-refractivity contribution is 0.0930. The Labute approximate surface area is 147 Å². The minimum atomic E-state index is -0.0964. The first-order valence-electron chi connectivity index (χ1n) is 8.09. The van der Waals surface area contributed by atoms with Crippen molar-refractivity contribution in [3.05, 3.63) is 78.4 Å². The van der Waals surface area contributed by atoms with Crippen LogP contribution in [0.5, 0.6) is 0 Å². The van der Waals surface area contributed by atoms with Gasteiger partial charge in [0.25, 0.3) is 5.91 Å². The van der Waals surface area contributed by atoms with Crippen molar-refractivity contribution in [1.29, 1.82) is 0 Å². The Morgan fingerprint density at radius 1 is 1.12 bits per heavy atom. The summed E-state index contributed by atoms with van der Waals surface area (Å²) in [6.07, 6.45) is 3.10. The molecule has 1 N–H and O–H groups in total. The Bertz CT molecular complexity index is 798. The second-order valence-corrected chi connectivity index (χ2v) is 6.09. The van der Waals surface area contributed by atoms with E-state index in [1.807, 2.05) is 56.6 Å². The molecule has 0 unspecified atom stereocenters. The molecule has 0 fully saturated rings. The molecular weight excluding hydrogens is 314 g/mol. The summed E-state index contributed by atoms with van der Waals surface area (Å²) < 4.78 is 1.65. The number of hydrogen-bond donors (Lipinski definition) is 1. The van der Waals surface area contributed by atoms with E-state index in [9.17, 15) is 4.79 Å². The highest BCUT2D eigenvalue weighted by atomic mass is 16.1. The van der Waals surface area contributed by atoms with E-state index in [-0.39, 0.29) is 11.9 Å². The number of carbonyl (C=O) groups excluding carboxylic acids is 1. The molecular formula is C19H21N5O. The molecule has 1 atom stereocenters. The fraction of sp³-hybridized carbons (Fsp3) is 0.211. The molecule has 0 bridgehead atoms. The predicted molar refractivity (Wildman–Crippen MR) is 96.6 cm³/mol. The van der Waals surface area contributed by atoms with E-state index in [2.05, 4.69) is 20.3 Å². The van der Waals surface area contributed by atoms with E-state index in [1.54, 1.807) is 23.1 Å². The zero-order valence-electron chi connectivity index (χ0n) is 14.3. The van der Waals surface area contributed by atoms with Crippen LogP contribution in [0.1, 0.15) is 22.0 Å². The van der Waals surface area contributed by atoms with Crippen LogP contribution in [0, 0.1) is 0 Å². The fourth-order valence-electron chi connectivity index (χ4n) is 2.63. The van der Waals surface area contributed by atoms with Gasteiger partial charge in [0.2, 0.25) is 0 Å². The highest BCUT2D eigenvalue weighted by molar-refractivity contribution is 5.94. The van der Waals surface area contributed by atoms with Crippen molar-refractivity contribution in [1.82, 2.24) is 25.0 Å². The zero-order chi connectivity index (χ0) is 17.6. The average molecular weight is 335 g/mol. The fourth-order valence-corrected chi connectivity index (χ4v) is 2.63. The standard InChI is InChI=1S/C19H21N5O/c1-23(2)12-18(15-6-4-3-5-7-15)22-19(25)16-8-10-17(11-9-16)24-14-20-13-21-24/h3-11,13-14,18H,12H2,1-2H3,(H,22,25)/t18-/m1/s1. The van der Waals surface area contributed by atoms with Gasteiger partial charge in [0.1, 0.15) is 12.7 Å². The molecule has 3 aromatic rings. The molecule has 1 heterocycles. The third-order valence-corrected chi connectivity index (χ3v) is 3.87. The number of benzene rings is 2. The number of hydrogen-bond acceptors (Lipinski definition) is 4. The Hall–Kier alpha value is -2.99.